The molecular weight excluding hydrogens is 308 g/mol. The molecule has 3 aromatic rings. The van der Waals surface area contributed by atoms with Gasteiger partial charge in [0.05, 0.1) is 5.69 Å². The lowest BCUT2D eigenvalue weighted by molar-refractivity contribution is 0.872. The first-order chi connectivity index (χ1) is 12.3. The number of nitrogens with one attached hydrogen (secondary N) is 2. The van der Waals surface area contributed by atoms with E-state index in [9.17, 15) is 0 Å². The van der Waals surface area contributed by atoms with E-state index in [1.807, 2.05) is 54.6 Å². The zero-order chi connectivity index (χ0) is 17.5. The van der Waals surface area contributed by atoms with Crippen molar-refractivity contribution in [3.05, 3.63) is 84.9 Å². The van der Waals surface area contributed by atoms with Gasteiger partial charge in [-0.3, -0.25) is 0 Å². The van der Waals surface area contributed by atoms with Crippen molar-refractivity contribution in [2.24, 2.45) is 0 Å². The molecule has 0 spiro atoms. The minimum absolute atomic E-state index is 0.145. The number of nitrogens with zero attached hydrogens (tertiary/aromatic N) is 2. The molecule has 2 aromatic carbocycles. The highest BCUT2D eigenvalue weighted by Crippen LogP contribution is 2.24. The molecule has 1 atom stereocenters. The second kappa shape index (κ2) is 8.11. The van der Waals surface area contributed by atoms with Crippen LogP contribution in [-0.4, -0.2) is 16.5 Å². The Balaban J connectivity index is 1.90. The van der Waals surface area contributed by atoms with E-state index in [1.54, 1.807) is 6.08 Å². The van der Waals surface area contributed by atoms with Crippen molar-refractivity contribution in [3.8, 4) is 11.3 Å². The van der Waals surface area contributed by atoms with Crippen molar-refractivity contribution in [2.75, 3.05) is 17.2 Å². The smallest absolute Gasteiger partial charge is 0.225 e. The topological polar surface area (TPSA) is 49.8 Å². The van der Waals surface area contributed by atoms with Gasteiger partial charge in [-0.1, -0.05) is 66.7 Å². The molecule has 2 N–H and O–H groups in total. The fraction of sp³-hybridized carbons (Fsp3) is 0.143. The Morgan fingerprint density at radius 2 is 1.68 bits per heavy atom. The minimum Gasteiger partial charge on any atom is -0.363 e. The third kappa shape index (κ3) is 4.44. The van der Waals surface area contributed by atoms with Crippen LogP contribution in [0.25, 0.3) is 11.3 Å². The van der Waals surface area contributed by atoms with Crippen molar-refractivity contribution in [1.29, 1.82) is 0 Å². The van der Waals surface area contributed by atoms with Crippen LogP contribution in [0.3, 0.4) is 0 Å². The SMILES string of the molecule is C=CCNc1nc(NC(C)c2ccccc2)cc(-c2ccccc2)n1. The van der Waals surface area contributed by atoms with E-state index in [2.05, 4.69) is 46.2 Å². The van der Waals surface area contributed by atoms with Crippen LogP contribution in [0, 0.1) is 0 Å². The third-order valence-corrected chi connectivity index (χ3v) is 3.86. The summed E-state index contributed by atoms with van der Waals surface area (Å²) in [6, 6.07) is 22.5. The van der Waals surface area contributed by atoms with Gasteiger partial charge in [0, 0.05) is 24.2 Å². The van der Waals surface area contributed by atoms with E-state index in [4.69, 9.17) is 0 Å². The van der Waals surface area contributed by atoms with Gasteiger partial charge in [0.2, 0.25) is 5.95 Å². The molecule has 0 aliphatic rings. The molecule has 4 heteroatoms. The van der Waals surface area contributed by atoms with Gasteiger partial charge >= 0.3 is 0 Å². The number of rotatable bonds is 7. The maximum Gasteiger partial charge on any atom is 0.225 e. The van der Waals surface area contributed by atoms with Crippen molar-refractivity contribution >= 4 is 11.8 Å². The van der Waals surface area contributed by atoms with Crippen molar-refractivity contribution < 1.29 is 0 Å². The predicted octanol–water partition coefficient (Wildman–Crippen LogP) is 4.91. The summed E-state index contributed by atoms with van der Waals surface area (Å²) < 4.78 is 0. The molecule has 0 saturated heterocycles. The Kier molecular flexibility index (Phi) is 5.42. The van der Waals surface area contributed by atoms with Crippen LogP contribution in [0.2, 0.25) is 0 Å². The van der Waals surface area contributed by atoms with Crippen LogP contribution in [0.4, 0.5) is 11.8 Å². The second-order valence-electron chi connectivity index (χ2n) is 5.77. The zero-order valence-corrected chi connectivity index (χ0v) is 14.3. The van der Waals surface area contributed by atoms with Gasteiger partial charge in [-0.15, -0.1) is 6.58 Å². The third-order valence-electron chi connectivity index (χ3n) is 3.86. The summed E-state index contributed by atoms with van der Waals surface area (Å²) >= 11 is 0. The summed E-state index contributed by atoms with van der Waals surface area (Å²) in [5.74, 6) is 1.38. The number of hydrogen-bond acceptors (Lipinski definition) is 4. The highest BCUT2D eigenvalue weighted by atomic mass is 15.1. The lowest BCUT2D eigenvalue weighted by atomic mass is 10.1. The van der Waals surface area contributed by atoms with E-state index in [-0.39, 0.29) is 6.04 Å². The maximum atomic E-state index is 4.61. The molecule has 1 aromatic heterocycles. The highest BCUT2D eigenvalue weighted by Gasteiger charge is 2.10. The molecule has 0 bridgehead atoms. The fourth-order valence-electron chi connectivity index (χ4n) is 2.57. The van der Waals surface area contributed by atoms with Gasteiger partial charge in [0.1, 0.15) is 5.82 Å². The van der Waals surface area contributed by atoms with Crippen LogP contribution < -0.4 is 10.6 Å². The van der Waals surface area contributed by atoms with E-state index < -0.39 is 0 Å². The summed E-state index contributed by atoms with van der Waals surface area (Å²) in [5.41, 5.74) is 3.15. The second-order valence-corrected chi connectivity index (χ2v) is 5.77. The van der Waals surface area contributed by atoms with Gasteiger partial charge in [0.25, 0.3) is 0 Å². The van der Waals surface area contributed by atoms with Gasteiger partial charge in [-0.2, -0.15) is 4.98 Å². The molecule has 4 nitrogen and oxygen atoms in total. The van der Waals surface area contributed by atoms with Crippen LogP contribution in [0.1, 0.15) is 18.5 Å². The minimum atomic E-state index is 0.145. The Labute approximate surface area is 148 Å². The molecular formula is C21H22N4. The first-order valence-corrected chi connectivity index (χ1v) is 8.37. The van der Waals surface area contributed by atoms with Crippen LogP contribution in [-0.2, 0) is 0 Å². The Hall–Kier alpha value is -3.14. The molecule has 1 unspecified atom stereocenters. The molecule has 0 aliphatic heterocycles. The van der Waals surface area contributed by atoms with Crippen LogP contribution in [0.5, 0.6) is 0 Å². The summed E-state index contributed by atoms with van der Waals surface area (Å²) in [6.07, 6.45) is 1.79. The average Bonchev–Trinajstić information content (AvgIpc) is 2.67. The Morgan fingerprint density at radius 1 is 1.00 bits per heavy atom. The summed E-state index contributed by atoms with van der Waals surface area (Å²) in [7, 11) is 0. The largest absolute Gasteiger partial charge is 0.363 e. The van der Waals surface area contributed by atoms with Crippen molar-refractivity contribution in [2.45, 2.75) is 13.0 Å². The summed E-state index contributed by atoms with van der Waals surface area (Å²) in [6.45, 7) is 6.47. The first kappa shape index (κ1) is 16.7. The molecule has 0 amide bonds. The quantitative estimate of drug-likeness (QED) is 0.604. The van der Waals surface area contributed by atoms with E-state index >= 15 is 0 Å². The highest BCUT2D eigenvalue weighted by molar-refractivity contribution is 5.64. The molecule has 0 fully saturated rings. The van der Waals surface area contributed by atoms with E-state index in [0.717, 1.165) is 17.1 Å². The molecule has 126 valence electrons. The maximum absolute atomic E-state index is 4.61. The number of aromatic nitrogens is 2. The molecule has 3 rings (SSSR count). The molecule has 25 heavy (non-hydrogen) atoms. The van der Waals surface area contributed by atoms with Gasteiger partial charge in [-0.05, 0) is 12.5 Å². The van der Waals surface area contributed by atoms with Crippen molar-refractivity contribution in [1.82, 2.24) is 9.97 Å². The van der Waals surface area contributed by atoms with Gasteiger partial charge in [-0.25, -0.2) is 4.98 Å². The number of hydrogen-bond donors (Lipinski definition) is 2. The summed E-state index contributed by atoms with van der Waals surface area (Å²) in [4.78, 5) is 9.19. The monoisotopic (exact) mass is 330 g/mol. The zero-order valence-electron chi connectivity index (χ0n) is 14.3. The Bertz CT molecular complexity index is 816. The number of benzene rings is 2. The Morgan fingerprint density at radius 3 is 2.36 bits per heavy atom. The normalized spacial score (nSPS) is 11.6. The standard InChI is InChI=1S/C21H22N4/c1-3-14-22-21-24-19(18-12-8-5-9-13-18)15-20(25-21)23-16(2)17-10-6-4-7-11-17/h3-13,15-16H,1,14H2,2H3,(H2,22,23,24,25). The molecule has 1 heterocycles. The predicted molar refractivity (Wildman–Crippen MR) is 105 cm³/mol. The molecule has 0 aliphatic carbocycles. The van der Waals surface area contributed by atoms with Gasteiger partial charge in [0.15, 0.2) is 0 Å². The van der Waals surface area contributed by atoms with Gasteiger partial charge < -0.3 is 10.6 Å². The lowest BCUT2D eigenvalue weighted by Gasteiger charge is -2.16. The van der Waals surface area contributed by atoms with E-state index in [1.165, 1.54) is 5.56 Å². The molecule has 0 radical (unpaired) electrons. The van der Waals surface area contributed by atoms with Crippen LogP contribution >= 0.6 is 0 Å². The number of anilines is 2. The summed E-state index contributed by atoms with van der Waals surface area (Å²) in [5, 5.41) is 6.65. The van der Waals surface area contributed by atoms with Crippen molar-refractivity contribution in [3.63, 3.8) is 0 Å². The van der Waals surface area contributed by atoms with E-state index in [0.29, 0.717) is 12.5 Å². The first-order valence-electron chi connectivity index (χ1n) is 8.37. The fourth-order valence-corrected chi connectivity index (χ4v) is 2.57. The molecule has 0 saturated carbocycles. The lowest BCUT2D eigenvalue weighted by Crippen LogP contribution is -2.11. The average molecular weight is 330 g/mol. The van der Waals surface area contributed by atoms with Crippen LogP contribution in [0.15, 0.2) is 79.4 Å².